The second-order valence-electron chi connectivity index (χ2n) is 17.0. The lowest BCUT2D eigenvalue weighted by Gasteiger charge is -2.18. The summed E-state index contributed by atoms with van der Waals surface area (Å²) < 4.78 is 16.7. The van der Waals surface area contributed by atoms with Gasteiger partial charge < -0.3 is 14.2 Å². The van der Waals surface area contributed by atoms with Crippen LogP contribution in [0.5, 0.6) is 0 Å². The van der Waals surface area contributed by atoms with Crippen molar-refractivity contribution in [2.75, 3.05) is 13.2 Å². The molecule has 0 amide bonds. The molecule has 0 rings (SSSR count). The maximum Gasteiger partial charge on any atom is 0.306 e. The molecule has 6 nitrogen and oxygen atoms in total. The van der Waals surface area contributed by atoms with Crippen LogP contribution in [0.1, 0.15) is 253 Å². The van der Waals surface area contributed by atoms with E-state index in [1.165, 1.54) is 141 Å². The number of unbranched alkanes of at least 4 members (excludes halogenated alkanes) is 26. The molecule has 0 aliphatic heterocycles. The molecule has 0 fully saturated rings. The van der Waals surface area contributed by atoms with Crippen molar-refractivity contribution in [2.24, 2.45) is 11.8 Å². The van der Waals surface area contributed by atoms with Gasteiger partial charge in [0.05, 0.1) is 0 Å². The number of carbonyl (C=O) groups is 3. The van der Waals surface area contributed by atoms with E-state index in [0.717, 1.165) is 69.6 Å². The van der Waals surface area contributed by atoms with Crippen LogP contribution < -0.4 is 0 Å². The minimum Gasteiger partial charge on any atom is -0.462 e. The highest BCUT2D eigenvalue weighted by atomic mass is 16.6. The Morgan fingerprint density at radius 1 is 0.358 bits per heavy atom. The van der Waals surface area contributed by atoms with Gasteiger partial charge in [-0.1, -0.05) is 214 Å². The highest BCUT2D eigenvalue weighted by Crippen LogP contribution is 2.16. The zero-order chi connectivity index (χ0) is 39.0. The van der Waals surface area contributed by atoms with Crippen LogP contribution in [0.25, 0.3) is 0 Å². The van der Waals surface area contributed by atoms with E-state index in [9.17, 15) is 14.4 Å². The molecule has 53 heavy (non-hydrogen) atoms. The van der Waals surface area contributed by atoms with Crippen LogP contribution in [0, 0.1) is 11.8 Å². The molecule has 0 spiro atoms. The zero-order valence-corrected chi connectivity index (χ0v) is 36.1. The first kappa shape index (κ1) is 51.4. The molecular weight excluding hydrogens is 661 g/mol. The Hall–Kier alpha value is -1.59. The Labute approximate surface area is 329 Å². The van der Waals surface area contributed by atoms with Gasteiger partial charge in [-0.05, 0) is 31.1 Å². The molecule has 0 N–H and O–H groups in total. The second-order valence-corrected chi connectivity index (χ2v) is 17.0. The van der Waals surface area contributed by atoms with E-state index < -0.39 is 6.10 Å². The van der Waals surface area contributed by atoms with Crippen molar-refractivity contribution >= 4 is 17.9 Å². The Morgan fingerprint density at radius 3 is 0.925 bits per heavy atom. The Kier molecular flexibility index (Phi) is 38.9. The molecule has 0 saturated heterocycles. The van der Waals surface area contributed by atoms with Crippen molar-refractivity contribution in [1.82, 2.24) is 0 Å². The van der Waals surface area contributed by atoms with E-state index in [0.29, 0.717) is 19.3 Å². The van der Waals surface area contributed by atoms with Gasteiger partial charge in [0.15, 0.2) is 6.10 Å². The third-order valence-electron chi connectivity index (χ3n) is 10.5. The molecule has 0 saturated carbocycles. The van der Waals surface area contributed by atoms with Crippen molar-refractivity contribution in [3.63, 3.8) is 0 Å². The molecule has 0 unspecified atom stereocenters. The number of esters is 3. The first-order valence-corrected chi connectivity index (χ1v) is 23.2. The monoisotopic (exact) mass is 751 g/mol. The SMILES string of the molecule is CCCCCCCCCCCCCC(=O)OC[C@H](COC(=O)CCCCCCCCCCC(C)C)OC(=O)CCCCCCCCCCCCC(C)C. The quantitative estimate of drug-likeness (QED) is 0.0352. The summed E-state index contributed by atoms with van der Waals surface area (Å²) in [7, 11) is 0. The first-order valence-electron chi connectivity index (χ1n) is 23.2. The normalized spacial score (nSPS) is 12.1. The summed E-state index contributed by atoms with van der Waals surface area (Å²) in [5.41, 5.74) is 0. The van der Waals surface area contributed by atoms with Gasteiger partial charge in [-0.2, -0.15) is 0 Å². The van der Waals surface area contributed by atoms with E-state index in [2.05, 4.69) is 34.6 Å². The van der Waals surface area contributed by atoms with Gasteiger partial charge in [0.2, 0.25) is 0 Å². The molecule has 0 aromatic heterocycles. The second kappa shape index (κ2) is 40.1. The van der Waals surface area contributed by atoms with Crippen LogP contribution >= 0.6 is 0 Å². The highest BCUT2D eigenvalue weighted by molar-refractivity contribution is 5.71. The van der Waals surface area contributed by atoms with E-state index in [4.69, 9.17) is 14.2 Å². The van der Waals surface area contributed by atoms with Crippen LogP contribution in [0.3, 0.4) is 0 Å². The molecule has 0 aliphatic rings. The topological polar surface area (TPSA) is 78.9 Å². The van der Waals surface area contributed by atoms with Crippen molar-refractivity contribution < 1.29 is 28.6 Å². The fraction of sp³-hybridized carbons (Fsp3) is 0.936. The van der Waals surface area contributed by atoms with E-state index in [1.54, 1.807) is 0 Å². The Bertz CT molecular complexity index is 809. The van der Waals surface area contributed by atoms with E-state index >= 15 is 0 Å². The average molecular weight is 751 g/mol. The van der Waals surface area contributed by atoms with Crippen LogP contribution in [0.4, 0.5) is 0 Å². The average Bonchev–Trinajstić information content (AvgIpc) is 3.12. The third kappa shape index (κ3) is 41.4. The molecule has 0 radical (unpaired) electrons. The lowest BCUT2D eigenvalue weighted by molar-refractivity contribution is -0.167. The minimum atomic E-state index is -0.760. The maximum atomic E-state index is 12.7. The molecular formula is C47H90O6. The smallest absolute Gasteiger partial charge is 0.306 e. The van der Waals surface area contributed by atoms with Crippen LogP contribution in [0.2, 0.25) is 0 Å². The van der Waals surface area contributed by atoms with Crippen LogP contribution in [-0.4, -0.2) is 37.2 Å². The van der Waals surface area contributed by atoms with E-state index in [-0.39, 0.29) is 31.1 Å². The molecule has 6 heteroatoms. The van der Waals surface area contributed by atoms with E-state index in [1.807, 2.05) is 0 Å². The number of hydrogen-bond acceptors (Lipinski definition) is 6. The Balaban J connectivity index is 4.34. The van der Waals surface area contributed by atoms with Crippen molar-refractivity contribution in [3.8, 4) is 0 Å². The molecule has 314 valence electrons. The van der Waals surface area contributed by atoms with Gasteiger partial charge in [0, 0.05) is 19.3 Å². The third-order valence-corrected chi connectivity index (χ3v) is 10.5. The summed E-state index contributed by atoms with van der Waals surface area (Å²) >= 11 is 0. The lowest BCUT2D eigenvalue weighted by atomic mass is 10.0. The first-order chi connectivity index (χ1) is 25.7. The van der Waals surface area contributed by atoms with Gasteiger partial charge in [0.25, 0.3) is 0 Å². The van der Waals surface area contributed by atoms with Gasteiger partial charge in [-0.25, -0.2) is 0 Å². The summed E-state index contributed by atoms with van der Waals surface area (Å²) in [5.74, 6) is 0.754. The summed E-state index contributed by atoms with van der Waals surface area (Å²) in [6.07, 6.45) is 38.0. The standard InChI is InChI=1S/C47H90O6/c1-6-7-8-9-10-11-12-16-22-27-32-37-45(48)51-40-44(41-52-46(49)38-33-28-23-19-18-21-26-31-36-43(4)5)53-47(50)39-34-29-24-17-14-13-15-20-25-30-35-42(2)3/h42-44H,6-41H2,1-5H3/t44-/m1/s1. The Morgan fingerprint density at radius 2 is 0.623 bits per heavy atom. The number of rotatable bonds is 41. The number of hydrogen-bond donors (Lipinski definition) is 0. The molecule has 0 bridgehead atoms. The van der Waals surface area contributed by atoms with Crippen molar-refractivity contribution in [2.45, 2.75) is 259 Å². The predicted octanol–water partition coefficient (Wildman–Crippen LogP) is 14.6. The van der Waals surface area contributed by atoms with Gasteiger partial charge in [-0.15, -0.1) is 0 Å². The molecule has 0 aromatic carbocycles. The fourth-order valence-electron chi connectivity index (χ4n) is 6.93. The lowest BCUT2D eigenvalue weighted by Crippen LogP contribution is -2.30. The largest absolute Gasteiger partial charge is 0.462 e. The zero-order valence-electron chi connectivity index (χ0n) is 36.1. The number of carbonyl (C=O) groups excluding carboxylic acids is 3. The predicted molar refractivity (Wildman–Crippen MR) is 224 cm³/mol. The van der Waals surface area contributed by atoms with Gasteiger partial charge in [-0.3, -0.25) is 14.4 Å². The summed E-state index contributed by atoms with van der Waals surface area (Å²) in [6.45, 7) is 11.3. The van der Waals surface area contributed by atoms with Crippen LogP contribution in [0.15, 0.2) is 0 Å². The van der Waals surface area contributed by atoms with Crippen molar-refractivity contribution in [3.05, 3.63) is 0 Å². The van der Waals surface area contributed by atoms with Gasteiger partial charge >= 0.3 is 17.9 Å². The summed E-state index contributed by atoms with van der Waals surface area (Å²) in [5, 5.41) is 0. The van der Waals surface area contributed by atoms with Crippen molar-refractivity contribution in [1.29, 1.82) is 0 Å². The van der Waals surface area contributed by atoms with Gasteiger partial charge in [0.1, 0.15) is 13.2 Å². The fourth-order valence-corrected chi connectivity index (χ4v) is 6.93. The molecule has 0 aliphatic carbocycles. The summed E-state index contributed by atoms with van der Waals surface area (Å²) in [4.78, 5) is 37.7. The highest BCUT2D eigenvalue weighted by Gasteiger charge is 2.19. The molecule has 0 heterocycles. The summed E-state index contributed by atoms with van der Waals surface area (Å²) in [6, 6.07) is 0. The maximum absolute atomic E-state index is 12.7. The number of ether oxygens (including phenoxy) is 3. The minimum absolute atomic E-state index is 0.0650. The van der Waals surface area contributed by atoms with Crippen LogP contribution in [-0.2, 0) is 28.6 Å². The molecule has 1 atom stereocenters. The molecule has 0 aromatic rings.